The van der Waals surface area contributed by atoms with Crippen LogP contribution in [-0.2, 0) is 23.9 Å². The number of ketones is 1. The van der Waals surface area contributed by atoms with Crippen molar-refractivity contribution in [3.8, 4) is 0 Å². The molecule has 3 rings (SSSR count). The average molecular weight is 549 g/mol. The molecule has 2 saturated heterocycles. The summed E-state index contributed by atoms with van der Waals surface area (Å²) in [7, 11) is 0. The Hall–Kier alpha value is -2.65. The molecule has 0 radical (unpaired) electrons. The number of amides is 4. The van der Waals surface area contributed by atoms with Crippen molar-refractivity contribution in [2.75, 3.05) is 6.54 Å². The Kier molecular flexibility index (Phi) is 10.0. The van der Waals surface area contributed by atoms with Gasteiger partial charge in [-0.15, -0.1) is 0 Å². The zero-order chi connectivity index (χ0) is 29.0. The zero-order valence-electron chi connectivity index (χ0n) is 24.3. The van der Waals surface area contributed by atoms with Crippen molar-refractivity contribution in [2.24, 2.45) is 23.0 Å². The number of nitrogens with zero attached hydrogens (tertiary/aromatic N) is 1. The van der Waals surface area contributed by atoms with Crippen LogP contribution in [0.15, 0.2) is 0 Å². The summed E-state index contributed by atoms with van der Waals surface area (Å²) in [6.45, 7) is 9.95. The van der Waals surface area contributed by atoms with E-state index in [0.717, 1.165) is 51.4 Å². The molecule has 4 amide bonds. The molecular formula is C29H48N4O6. The summed E-state index contributed by atoms with van der Waals surface area (Å²) in [5.41, 5.74) is 4.55. The largest absolute Gasteiger partial charge is 0.444 e. The summed E-state index contributed by atoms with van der Waals surface area (Å²) in [6, 6.07) is -2.61. The third-order valence-electron chi connectivity index (χ3n) is 8.57. The van der Waals surface area contributed by atoms with Gasteiger partial charge < -0.3 is 26.0 Å². The molecule has 0 spiro atoms. The molecule has 39 heavy (non-hydrogen) atoms. The number of ether oxygens (including phenoxy) is 1. The second-order valence-electron chi connectivity index (χ2n) is 13.3. The average Bonchev–Trinajstić information content (AvgIpc) is 3.15. The van der Waals surface area contributed by atoms with Crippen LogP contribution in [0.1, 0.15) is 105 Å². The van der Waals surface area contributed by atoms with E-state index in [9.17, 15) is 24.0 Å². The number of hydrogen-bond acceptors (Lipinski definition) is 6. The van der Waals surface area contributed by atoms with Crippen molar-refractivity contribution in [3.63, 3.8) is 0 Å². The first kappa shape index (κ1) is 30.9. The summed E-state index contributed by atoms with van der Waals surface area (Å²) in [6.07, 6.45) is 8.32. The van der Waals surface area contributed by atoms with Gasteiger partial charge in [-0.1, -0.05) is 65.2 Å². The lowest BCUT2D eigenvalue weighted by Crippen LogP contribution is -2.58. The zero-order valence-corrected chi connectivity index (χ0v) is 24.3. The van der Waals surface area contributed by atoms with E-state index in [4.69, 9.17) is 10.5 Å². The molecule has 3 aliphatic rings. The molecule has 3 fully saturated rings. The van der Waals surface area contributed by atoms with Crippen LogP contribution < -0.4 is 16.4 Å². The van der Waals surface area contributed by atoms with Gasteiger partial charge in [0.2, 0.25) is 17.6 Å². The topological polar surface area (TPSA) is 148 Å². The minimum atomic E-state index is -1.07. The lowest BCUT2D eigenvalue weighted by Gasteiger charge is -2.48. The van der Waals surface area contributed by atoms with Crippen LogP contribution in [0.2, 0.25) is 0 Å². The van der Waals surface area contributed by atoms with Gasteiger partial charge in [0.25, 0.3) is 5.91 Å². The maximum Gasteiger partial charge on any atom is 0.408 e. The van der Waals surface area contributed by atoms with E-state index >= 15 is 0 Å². The number of hydrogen-bond donors (Lipinski definition) is 3. The quantitative estimate of drug-likeness (QED) is 0.461. The van der Waals surface area contributed by atoms with Crippen LogP contribution in [0.3, 0.4) is 0 Å². The van der Waals surface area contributed by atoms with E-state index in [0.29, 0.717) is 25.8 Å². The Morgan fingerprint density at radius 2 is 1.54 bits per heavy atom. The van der Waals surface area contributed by atoms with Crippen LogP contribution >= 0.6 is 0 Å². The first-order chi connectivity index (χ1) is 18.2. The molecular weight excluding hydrogens is 500 g/mol. The van der Waals surface area contributed by atoms with Crippen LogP contribution in [0.4, 0.5) is 4.79 Å². The van der Waals surface area contributed by atoms with E-state index in [1.807, 2.05) is 0 Å². The number of nitrogens with two attached hydrogens (primary N) is 1. The highest BCUT2D eigenvalue weighted by atomic mass is 16.6. The number of nitrogens with one attached hydrogen (secondary N) is 2. The number of alkyl carbamates (subject to hydrolysis) is 1. The standard InChI is InChI=1S/C29H48N4O6/c1-28(2,3)39-27(38)32-21-15-13-11-9-7-6-8-10-12-14-20(23(34)24(30)35)31-25(36)22-18-16-29(4,5)19(18)17-33(22)26(21)37/h18-22H,6-17H2,1-5H3,(H2,30,35)(H,31,36)(H,32,38)/t18?,19-,20-,21-,22-/m0/s1. The monoisotopic (exact) mass is 548 g/mol. The normalized spacial score (nSPS) is 30.6. The number of fused-ring (bicyclic) bond motifs is 3. The fourth-order valence-electron chi connectivity index (χ4n) is 6.52. The number of primary amides is 1. The molecule has 0 bridgehead atoms. The van der Waals surface area contributed by atoms with Crippen molar-refractivity contribution in [1.82, 2.24) is 15.5 Å². The SMILES string of the molecule is CC(C)(C)OC(=O)N[C@H]1CCCCCCCCCC[C@@H](C(=O)C(N)=O)NC(=O)[C@@H]2C3CC(C)(C)[C@H]3CN2C1=O. The predicted molar refractivity (Wildman–Crippen MR) is 146 cm³/mol. The van der Waals surface area contributed by atoms with Crippen molar-refractivity contribution in [1.29, 1.82) is 0 Å². The molecule has 1 unspecified atom stereocenters. The first-order valence-corrected chi connectivity index (χ1v) is 14.7. The Bertz CT molecular complexity index is 943. The van der Waals surface area contributed by atoms with Gasteiger partial charge in [0.15, 0.2) is 0 Å². The number of carbonyl (C=O) groups is 5. The maximum absolute atomic E-state index is 14.0. The fourth-order valence-corrected chi connectivity index (χ4v) is 6.52. The van der Waals surface area contributed by atoms with E-state index < -0.39 is 47.4 Å². The van der Waals surface area contributed by atoms with Gasteiger partial charge in [-0.3, -0.25) is 19.2 Å². The predicted octanol–water partition coefficient (Wildman–Crippen LogP) is 3.21. The van der Waals surface area contributed by atoms with Crippen molar-refractivity contribution < 1.29 is 28.7 Å². The Morgan fingerprint density at radius 3 is 2.08 bits per heavy atom. The van der Waals surface area contributed by atoms with Crippen LogP contribution in [0, 0.1) is 17.3 Å². The first-order valence-electron chi connectivity index (χ1n) is 14.7. The van der Waals surface area contributed by atoms with E-state index in [1.54, 1.807) is 25.7 Å². The third-order valence-corrected chi connectivity index (χ3v) is 8.57. The minimum absolute atomic E-state index is 0.0359. The van der Waals surface area contributed by atoms with Crippen molar-refractivity contribution in [3.05, 3.63) is 0 Å². The highest BCUT2D eigenvalue weighted by Gasteiger charge is 2.60. The number of Topliss-reactive ketones (excluding diaryl/α,β-unsaturated/α-hetero) is 1. The summed E-state index contributed by atoms with van der Waals surface area (Å²) >= 11 is 0. The number of carbonyl (C=O) groups excluding carboxylic acids is 5. The molecule has 0 aromatic rings. The molecule has 10 heteroatoms. The highest BCUT2D eigenvalue weighted by Crippen LogP contribution is 2.57. The van der Waals surface area contributed by atoms with E-state index in [2.05, 4.69) is 24.5 Å². The second kappa shape index (κ2) is 12.7. The van der Waals surface area contributed by atoms with Crippen LogP contribution in [0.25, 0.3) is 0 Å². The third kappa shape index (κ3) is 7.94. The summed E-state index contributed by atoms with van der Waals surface area (Å²) in [5.74, 6) is -2.57. The maximum atomic E-state index is 14.0. The molecule has 2 heterocycles. The summed E-state index contributed by atoms with van der Waals surface area (Å²) in [4.78, 5) is 66.4. The Morgan fingerprint density at radius 1 is 0.974 bits per heavy atom. The number of rotatable bonds is 3. The smallest absolute Gasteiger partial charge is 0.408 e. The molecule has 1 saturated carbocycles. The highest BCUT2D eigenvalue weighted by molar-refractivity contribution is 6.37. The van der Waals surface area contributed by atoms with Gasteiger partial charge in [-0.25, -0.2) is 4.79 Å². The van der Waals surface area contributed by atoms with Crippen molar-refractivity contribution in [2.45, 2.75) is 129 Å². The lowest BCUT2D eigenvalue weighted by molar-refractivity contribution is -0.143. The molecule has 5 atom stereocenters. The van der Waals surface area contributed by atoms with Gasteiger partial charge >= 0.3 is 6.09 Å². The fraction of sp³-hybridized carbons (Fsp3) is 0.828. The van der Waals surface area contributed by atoms with Gasteiger partial charge in [0.1, 0.15) is 17.7 Å². The van der Waals surface area contributed by atoms with Gasteiger partial charge in [-0.2, -0.15) is 0 Å². The van der Waals surface area contributed by atoms with Crippen LogP contribution in [0.5, 0.6) is 0 Å². The Labute approximate surface area is 232 Å². The summed E-state index contributed by atoms with van der Waals surface area (Å²) < 4.78 is 5.44. The van der Waals surface area contributed by atoms with Crippen LogP contribution in [-0.4, -0.2) is 64.8 Å². The molecule has 1 aliphatic carbocycles. The Balaban J connectivity index is 1.89. The summed E-state index contributed by atoms with van der Waals surface area (Å²) in [5, 5.41) is 5.57. The van der Waals surface area contributed by atoms with Crippen molar-refractivity contribution >= 4 is 29.6 Å². The molecule has 0 aromatic heterocycles. The van der Waals surface area contributed by atoms with Gasteiger partial charge in [0.05, 0.1) is 6.04 Å². The van der Waals surface area contributed by atoms with Gasteiger partial charge in [-0.05, 0) is 57.3 Å². The lowest BCUT2D eigenvalue weighted by atomic mass is 9.55. The molecule has 220 valence electrons. The second-order valence-corrected chi connectivity index (χ2v) is 13.3. The van der Waals surface area contributed by atoms with Gasteiger partial charge in [0, 0.05) is 6.54 Å². The molecule has 0 aromatic carbocycles. The molecule has 10 nitrogen and oxygen atoms in total. The minimum Gasteiger partial charge on any atom is -0.444 e. The molecule has 2 aliphatic heterocycles. The van der Waals surface area contributed by atoms with E-state index in [1.165, 1.54) is 0 Å². The van der Waals surface area contributed by atoms with E-state index in [-0.39, 0.29) is 23.2 Å². The molecule has 4 N–H and O–H groups in total.